The van der Waals surface area contributed by atoms with Crippen molar-refractivity contribution in [3.63, 3.8) is 0 Å². The summed E-state index contributed by atoms with van der Waals surface area (Å²) in [6.45, 7) is 9.05. The van der Waals surface area contributed by atoms with Crippen molar-refractivity contribution in [3.05, 3.63) is 24.0 Å². The Balaban J connectivity index is 3.90. The minimum atomic E-state index is -3.57. The molecule has 0 saturated heterocycles. The zero-order chi connectivity index (χ0) is 10.5. The third-order valence-electron chi connectivity index (χ3n) is 1.35. The number of allylic oxidation sites excluding steroid dienone is 2. The summed E-state index contributed by atoms with van der Waals surface area (Å²) in [5.41, 5.74) is 0. The van der Waals surface area contributed by atoms with E-state index in [1.165, 1.54) is 6.92 Å². The van der Waals surface area contributed by atoms with E-state index >= 15 is 0 Å². The molecule has 0 aliphatic carbocycles. The SMILES string of the molecule is C=C(C)P(=O)(O)OCC=CC(C)C. The number of rotatable bonds is 5. The van der Waals surface area contributed by atoms with E-state index < -0.39 is 7.60 Å². The lowest BCUT2D eigenvalue weighted by atomic mass is 10.2. The van der Waals surface area contributed by atoms with Gasteiger partial charge in [-0.25, -0.2) is 0 Å². The smallest absolute Gasteiger partial charge is 0.321 e. The molecule has 76 valence electrons. The van der Waals surface area contributed by atoms with Crippen LogP contribution in [-0.2, 0) is 9.09 Å². The van der Waals surface area contributed by atoms with Crippen molar-refractivity contribution < 1.29 is 14.0 Å². The lowest BCUT2D eigenvalue weighted by molar-refractivity contribution is 0.294. The number of hydrogen-bond acceptors (Lipinski definition) is 2. The number of hydrogen-bond donors (Lipinski definition) is 1. The van der Waals surface area contributed by atoms with Gasteiger partial charge in [-0.2, -0.15) is 0 Å². The van der Waals surface area contributed by atoms with Crippen LogP contribution >= 0.6 is 7.60 Å². The van der Waals surface area contributed by atoms with Crippen LogP contribution in [0.4, 0.5) is 0 Å². The second-order valence-corrected chi connectivity index (χ2v) is 5.29. The van der Waals surface area contributed by atoms with E-state index in [0.717, 1.165) is 0 Å². The van der Waals surface area contributed by atoms with E-state index in [-0.39, 0.29) is 11.9 Å². The van der Waals surface area contributed by atoms with Gasteiger partial charge in [0.1, 0.15) is 0 Å². The molecule has 0 aromatic carbocycles. The largest absolute Gasteiger partial charge is 0.354 e. The minimum absolute atomic E-state index is 0.152. The lowest BCUT2D eigenvalue weighted by Gasteiger charge is -2.09. The maximum absolute atomic E-state index is 11.2. The lowest BCUT2D eigenvalue weighted by Crippen LogP contribution is -1.91. The molecule has 0 aliphatic rings. The molecule has 0 bridgehead atoms. The molecule has 1 atom stereocenters. The maximum Gasteiger partial charge on any atom is 0.354 e. The molecular formula is C9H17O3P. The Hall–Kier alpha value is -0.370. The summed E-state index contributed by atoms with van der Waals surface area (Å²) >= 11 is 0. The fraction of sp³-hybridized carbons (Fsp3) is 0.556. The third kappa shape index (κ3) is 5.81. The van der Waals surface area contributed by atoms with Crippen LogP contribution in [-0.4, -0.2) is 11.5 Å². The van der Waals surface area contributed by atoms with Crippen molar-refractivity contribution in [3.8, 4) is 0 Å². The van der Waals surface area contributed by atoms with E-state index in [2.05, 4.69) is 6.58 Å². The predicted molar refractivity (Wildman–Crippen MR) is 54.6 cm³/mol. The van der Waals surface area contributed by atoms with Gasteiger partial charge in [0, 0.05) is 5.31 Å². The van der Waals surface area contributed by atoms with Gasteiger partial charge in [-0.15, -0.1) is 0 Å². The second kappa shape index (κ2) is 5.38. The minimum Gasteiger partial charge on any atom is -0.321 e. The summed E-state index contributed by atoms with van der Waals surface area (Å²) in [4.78, 5) is 9.16. The average Bonchev–Trinajstić information content (AvgIpc) is 1.97. The van der Waals surface area contributed by atoms with E-state index in [1.807, 2.05) is 19.9 Å². The van der Waals surface area contributed by atoms with Crippen molar-refractivity contribution in [2.45, 2.75) is 20.8 Å². The molecular weight excluding hydrogens is 187 g/mol. The molecule has 0 amide bonds. The Morgan fingerprint density at radius 1 is 1.69 bits per heavy atom. The molecule has 0 aromatic rings. The van der Waals surface area contributed by atoms with Gasteiger partial charge in [0.25, 0.3) is 0 Å². The van der Waals surface area contributed by atoms with Crippen molar-refractivity contribution in [2.75, 3.05) is 6.61 Å². The van der Waals surface area contributed by atoms with Crippen LogP contribution < -0.4 is 0 Å². The van der Waals surface area contributed by atoms with Crippen LogP contribution in [0.2, 0.25) is 0 Å². The molecule has 1 N–H and O–H groups in total. The van der Waals surface area contributed by atoms with Gasteiger partial charge >= 0.3 is 7.60 Å². The summed E-state index contributed by atoms with van der Waals surface area (Å²) < 4.78 is 15.9. The van der Waals surface area contributed by atoms with Crippen LogP contribution in [0, 0.1) is 5.92 Å². The van der Waals surface area contributed by atoms with Crippen molar-refractivity contribution >= 4 is 7.60 Å². The van der Waals surface area contributed by atoms with Gasteiger partial charge in [-0.05, 0) is 12.8 Å². The van der Waals surface area contributed by atoms with Crippen LogP contribution in [0.1, 0.15) is 20.8 Å². The Morgan fingerprint density at radius 2 is 2.23 bits per heavy atom. The zero-order valence-corrected chi connectivity index (χ0v) is 9.25. The molecule has 0 heterocycles. The fourth-order valence-corrected chi connectivity index (χ4v) is 1.09. The molecule has 4 heteroatoms. The first-order valence-electron chi connectivity index (χ1n) is 4.16. The van der Waals surface area contributed by atoms with Gasteiger partial charge in [0.15, 0.2) is 0 Å². The molecule has 0 radical (unpaired) electrons. The van der Waals surface area contributed by atoms with Crippen molar-refractivity contribution in [1.29, 1.82) is 0 Å². The van der Waals surface area contributed by atoms with E-state index in [9.17, 15) is 4.57 Å². The third-order valence-corrected chi connectivity index (χ3v) is 2.81. The fourth-order valence-electron chi connectivity index (χ4n) is 0.582. The highest BCUT2D eigenvalue weighted by atomic mass is 31.2. The van der Waals surface area contributed by atoms with E-state index in [1.54, 1.807) is 6.08 Å². The Kier molecular flexibility index (Phi) is 5.23. The van der Waals surface area contributed by atoms with Crippen LogP contribution in [0.25, 0.3) is 0 Å². The molecule has 13 heavy (non-hydrogen) atoms. The highest BCUT2D eigenvalue weighted by Crippen LogP contribution is 2.49. The average molecular weight is 204 g/mol. The van der Waals surface area contributed by atoms with Crippen LogP contribution in [0.15, 0.2) is 24.0 Å². The molecule has 3 nitrogen and oxygen atoms in total. The predicted octanol–water partition coefficient (Wildman–Crippen LogP) is 2.93. The first-order chi connectivity index (χ1) is 5.86. The zero-order valence-electron chi connectivity index (χ0n) is 8.36. The first kappa shape index (κ1) is 12.6. The molecule has 0 fully saturated rings. The summed E-state index contributed by atoms with van der Waals surface area (Å²) in [5, 5.41) is 0.172. The molecule has 0 saturated carbocycles. The van der Waals surface area contributed by atoms with Gasteiger partial charge in [-0.1, -0.05) is 32.6 Å². The molecule has 1 unspecified atom stereocenters. The molecule has 0 aliphatic heterocycles. The monoisotopic (exact) mass is 204 g/mol. The van der Waals surface area contributed by atoms with Gasteiger partial charge in [0.2, 0.25) is 0 Å². The maximum atomic E-state index is 11.2. The van der Waals surface area contributed by atoms with E-state index in [0.29, 0.717) is 5.92 Å². The highest BCUT2D eigenvalue weighted by molar-refractivity contribution is 7.57. The van der Waals surface area contributed by atoms with Crippen molar-refractivity contribution in [1.82, 2.24) is 0 Å². The standard InChI is InChI=1S/C9H17O3P/c1-8(2)6-5-7-12-13(10,11)9(3)4/h5-6,8H,3,7H2,1-2,4H3,(H,10,11). The summed E-state index contributed by atoms with van der Waals surface area (Å²) in [7, 11) is -3.57. The second-order valence-electron chi connectivity index (χ2n) is 3.22. The highest BCUT2D eigenvalue weighted by Gasteiger charge is 2.18. The normalized spacial score (nSPS) is 16.4. The molecule has 0 aromatic heterocycles. The Labute approximate surface area is 79.7 Å². The first-order valence-corrected chi connectivity index (χ1v) is 5.74. The van der Waals surface area contributed by atoms with Gasteiger partial charge in [0.05, 0.1) is 6.61 Å². The summed E-state index contributed by atoms with van der Waals surface area (Å²) in [6.07, 6.45) is 3.65. The van der Waals surface area contributed by atoms with Gasteiger partial charge < -0.3 is 9.42 Å². The molecule has 0 rings (SSSR count). The van der Waals surface area contributed by atoms with Crippen molar-refractivity contribution in [2.24, 2.45) is 5.92 Å². The van der Waals surface area contributed by atoms with E-state index in [4.69, 9.17) is 9.42 Å². The summed E-state index contributed by atoms with van der Waals surface area (Å²) in [6, 6.07) is 0. The topological polar surface area (TPSA) is 46.5 Å². The van der Waals surface area contributed by atoms with Gasteiger partial charge in [-0.3, -0.25) is 4.57 Å². The summed E-state index contributed by atoms with van der Waals surface area (Å²) in [5.74, 6) is 0.423. The van der Waals surface area contributed by atoms with Crippen LogP contribution in [0.5, 0.6) is 0 Å². The quantitative estimate of drug-likeness (QED) is 0.553. The Bertz CT molecular complexity index is 243. The molecule has 0 spiro atoms. The Morgan fingerprint density at radius 3 is 2.62 bits per heavy atom. The van der Waals surface area contributed by atoms with Crippen LogP contribution in [0.3, 0.4) is 0 Å².